The zero-order valence-electron chi connectivity index (χ0n) is 12.1. The molecule has 0 radical (unpaired) electrons. The number of rotatable bonds is 7. The maximum absolute atomic E-state index is 5.59. The van der Waals surface area contributed by atoms with Gasteiger partial charge in [0.2, 0.25) is 0 Å². The molecule has 0 aromatic heterocycles. The maximum Gasteiger partial charge on any atom is 0.119 e. The zero-order valence-corrected chi connectivity index (χ0v) is 13.0. The Balaban J connectivity index is 1.93. The van der Waals surface area contributed by atoms with Crippen LogP contribution in [-0.2, 0) is 6.42 Å². The maximum atomic E-state index is 5.59. The van der Waals surface area contributed by atoms with Crippen molar-refractivity contribution in [3.63, 3.8) is 0 Å². The Morgan fingerprint density at radius 2 is 2.15 bits per heavy atom. The first kappa shape index (κ1) is 15.5. The number of hydrogen-bond acceptors (Lipinski definition) is 3. The van der Waals surface area contributed by atoms with Crippen molar-refractivity contribution in [2.45, 2.75) is 25.7 Å². The number of nitrogens with two attached hydrogens (primary N) is 1. The highest BCUT2D eigenvalue weighted by Crippen LogP contribution is 2.40. The number of ether oxygens (including phenoxy) is 1. The van der Waals surface area contributed by atoms with Gasteiger partial charge in [0.15, 0.2) is 0 Å². The van der Waals surface area contributed by atoms with E-state index in [1.165, 1.54) is 36.3 Å². The summed E-state index contributed by atoms with van der Waals surface area (Å²) in [5.41, 5.74) is 7.16. The van der Waals surface area contributed by atoms with Gasteiger partial charge in [-0.1, -0.05) is 18.2 Å². The van der Waals surface area contributed by atoms with Crippen molar-refractivity contribution in [1.82, 2.24) is 0 Å². The molecule has 2 nitrogen and oxygen atoms in total. The summed E-state index contributed by atoms with van der Waals surface area (Å²) in [7, 11) is 0. The van der Waals surface area contributed by atoms with Crippen LogP contribution in [0.4, 0.5) is 0 Å². The van der Waals surface area contributed by atoms with E-state index in [2.05, 4.69) is 42.6 Å². The van der Waals surface area contributed by atoms with Crippen molar-refractivity contribution >= 4 is 11.8 Å². The second-order valence-corrected chi connectivity index (χ2v) is 6.69. The van der Waals surface area contributed by atoms with E-state index in [4.69, 9.17) is 10.5 Å². The predicted molar refractivity (Wildman–Crippen MR) is 88.5 cm³/mol. The van der Waals surface area contributed by atoms with Crippen molar-refractivity contribution in [3.05, 3.63) is 42.5 Å². The van der Waals surface area contributed by atoms with E-state index in [9.17, 15) is 0 Å². The Kier molecular flexibility index (Phi) is 5.99. The molecule has 2 rings (SSSR count). The number of benzene rings is 1. The van der Waals surface area contributed by atoms with Gasteiger partial charge in [-0.25, -0.2) is 0 Å². The topological polar surface area (TPSA) is 35.2 Å². The third-order valence-corrected chi connectivity index (χ3v) is 5.10. The first-order valence-electron chi connectivity index (χ1n) is 7.41. The van der Waals surface area contributed by atoms with Crippen molar-refractivity contribution < 1.29 is 4.74 Å². The van der Waals surface area contributed by atoms with Gasteiger partial charge in [0, 0.05) is 6.54 Å². The second kappa shape index (κ2) is 7.75. The fraction of sp³-hybridized carbons (Fsp3) is 0.529. The number of thioether (sulfide) groups is 1. The zero-order chi connectivity index (χ0) is 14.3. The minimum Gasteiger partial charge on any atom is -0.492 e. The highest BCUT2D eigenvalue weighted by Gasteiger charge is 2.28. The van der Waals surface area contributed by atoms with Gasteiger partial charge in [-0.3, -0.25) is 0 Å². The van der Waals surface area contributed by atoms with Gasteiger partial charge in [0.25, 0.3) is 0 Å². The van der Waals surface area contributed by atoms with Crippen LogP contribution in [0.3, 0.4) is 0 Å². The number of allylic oxidation sites excluding steroid dienone is 1. The Labute approximate surface area is 126 Å². The Morgan fingerprint density at radius 3 is 2.85 bits per heavy atom. The second-order valence-electron chi connectivity index (χ2n) is 5.46. The predicted octanol–water partition coefficient (Wildman–Crippen LogP) is 3.66. The van der Waals surface area contributed by atoms with Crippen LogP contribution in [0.15, 0.2) is 36.9 Å². The molecule has 1 aliphatic rings. The molecule has 0 spiro atoms. The molecular formula is C17H25NOS. The lowest BCUT2D eigenvalue weighted by Crippen LogP contribution is -2.24. The standard InChI is InChI=1S/C17H25NOS/c1-2-17(8-12-20-13-9-17)7-6-15-4-3-5-16(14-15)19-11-10-18/h2-5,14H,1,6-13,18H2. The molecular weight excluding hydrogens is 266 g/mol. The van der Waals surface area contributed by atoms with Crippen LogP contribution in [0.1, 0.15) is 24.8 Å². The van der Waals surface area contributed by atoms with E-state index in [-0.39, 0.29) is 0 Å². The smallest absolute Gasteiger partial charge is 0.119 e. The normalized spacial score (nSPS) is 17.6. The largest absolute Gasteiger partial charge is 0.492 e. The highest BCUT2D eigenvalue weighted by atomic mass is 32.2. The number of aryl methyl sites for hydroxylation is 1. The van der Waals surface area contributed by atoms with E-state index in [1.54, 1.807) is 0 Å². The summed E-state index contributed by atoms with van der Waals surface area (Å²) in [6, 6.07) is 8.39. The van der Waals surface area contributed by atoms with Gasteiger partial charge < -0.3 is 10.5 Å². The fourth-order valence-electron chi connectivity index (χ4n) is 2.69. The van der Waals surface area contributed by atoms with Crippen LogP contribution in [0.5, 0.6) is 5.75 Å². The molecule has 0 bridgehead atoms. The highest BCUT2D eigenvalue weighted by molar-refractivity contribution is 7.99. The minimum absolute atomic E-state index is 0.347. The first-order chi connectivity index (χ1) is 9.78. The minimum atomic E-state index is 0.347. The molecule has 1 saturated heterocycles. The Bertz CT molecular complexity index is 427. The van der Waals surface area contributed by atoms with Gasteiger partial charge in [0.05, 0.1) is 0 Å². The summed E-state index contributed by atoms with van der Waals surface area (Å²) in [5, 5.41) is 0. The van der Waals surface area contributed by atoms with E-state index in [1.807, 2.05) is 6.07 Å². The summed E-state index contributed by atoms with van der Waals surface area (Å²) in [4.78, 5) is 0. The van der Waals surface area contributed by atoms with Gasteiger partial charge in [-0.15, -0.1) is 6.58 Å². The molecule has 0 aliphatic carbocycles. The van der Waals surface area contributed by atoms with E-state index in [0.717, 1.165) is 12.2 Å². The first-order valence-corrected chi connectivity index (χ1v) is 8.57. The van der Waals surface area contributed by atoms with Crippen LogP contribution in [0, 0.1) is 5.41 Å². The molecule has 3 heteroatoms. The van der Waals surface area contributed by atoms with Crippen molar-refractivity contribution in [3.8, 4) is 5.75 Å². The van der Waals surface area contributed by atoms with Gasteiger partial charge >= 0.3 is 0 Å². The van der Waals surface area contributed by atoms with Crippen molar-refractivity contribution in [2.75, 3.05) is 24.7 Å². The van der Waals surface area contributed by atoms with Gasteiger partial charge in [-0.05, 0) is 60.3 Å². The average molecular weight is 291 g/mol. The van der Waals surface area contributed by atoms with E-state index in [0.29, 0.717) is 18.6 Å². The molecule has 1 aromatic rings. The molecule has 1 aliphatic heterocycles. The molecule has 1 fully saturated rings. The summed E-state index contributed by atoms with van der Waals surface area (Å²) >= 11 is 2.07. The van der Waals surface area contributed by atoms with Crippen LogP contribution in [-0.4, -0.2) is 24.7 Å². The Morgan fingerprint density at radius 1 is 1.35 bits per heavy atom. The summed E-state index contributed by atoms with van der Waals surface area (Å²) in [6.45, 7) is 5.22. The summed E-state index contributed by atoms with van der Waals surface area (Å²) in [5.74, 6) is 3.47. The number of hydrogen-bond donors (Lipinski definition) is 1. The third-order valence-electron chi connectivity index (χ3n) is 4.12. The van der Waals surface area contributed by atoms with Crippen LogP contribution < -0.4 is 10.5 Å². The lowest BCUT2D eigenvalue weighted by Gasteiger charge is -2.34. The molecule has 110 valence electrons. The van der Waals surface area contributed by atoms with Gasteiger partial charge in [0.1, 0.15) is 12.4 Å². The molecule has 0 atom stereocenters. The van der Waals surface area contributed by atoms with Crippen molar-refractivity contribution in [1.29, 1.82) is 0 Å². The van der Waals surface area contributed by atoms with Crippen LogP contribution >= 0.6 is 11.8 Å². The molecule has 20 heavy (non-hydrogen) atoms. The van der Waals surface area contributed by atoms with Gasteiger partial charge in [-0.2, -0.15) is 11.8 Å². The lowest BCUT2D eigenvalue weighted by atomic mass is 9.77. The molecule has 1 heterocycles. The summed E-state index contributed by atoms with van der Waals surface area (Å²) in [6.07, 6.45) is 7.02. The lowest BCUT2D eigenvalue weighted by molar-refractivity contribution is 0.320. The van der Waals surface area contributed by atoms with Crippen LogP contribution in [0.2, 0.25) is 0 Å². The monoisotopic (exact) mass is 291 g/mol. The van der Waals surface area contributed by atoms with E-state index >= 15 is 0 Å². The molecule has 0 saturated carbocycles. The van der Waals surface area contributed by atoms with E-state index < -0.39 is 0 Å². The molecule has 1 aromatic carbocycles. The third kappa shape index (κ3) is 4.29. The molecule has 0 amide bonds. The average Bonchev–Trinajstić information content (AvgIpc) is 2.52. The van der Waals surface area contributed by atoms with Crippen LogP contribution in [0.25, 0.3) is 0 Å². The Hall–Kier alpha value is -0.930. The van der Waals surface area contributed by atoms with Crippen molar-refractivity contribution in [2.24, 2.45) is 11.1 Å². The molecule has 0 unspecified atom stereocenters. The molecule has 2 N–H and O–H groups in total. The quantitative estimate of drug-likeness (QED) is 0.779. The summed E-state index contributed by atoms with van der Waals surface area (Å²) < 4.78 is 5.59. The SMILES string of the molecule is C=CC1(CCc2cccc(OCCN)c2)CCSCC1. The fourth-order valence-corrected chi connectivity index (χ4v) is 4.00.